The first-order valence-corrected chi connectivity index (χ1v) is 9.03. The van der Waals surface area contributed by atoms with Crippen LogP contribution < -0.4 is 11.3 Å². The molecule has 0 bridgehead atoms. The minimum absolute atomic E-state index is 0.107. The Bertz CT molecular complexity index is 626. The number of nitrogens with two attached hydrogens (primary N) is 1. The second-order valence-electron chi connectivity index (χ2n) is 4.58. The van der Waals surface area contributed by atoms with Crippen LogP contribution in [0.1, 0.15) is 36.8 Å². The summed E-state index contributed by atoms with van der Waals surface area (Å²) >= 11 is 17.3. The van der Waals surface area contributed by atoms with Crippen molar-refractivity contribution < 1.29 is 0 Å². The van der Waals surface area contributed by atoms with Crippen molar-refractivity contribution in [2.24, 2.45) is 5.84 Å². The number of nitrogens with one attached hydrogen (secondary N) is 1. The molecule has 0 saturated heterocycles. The SMILES string of the molecule is CCc1nn(CC)c(CC(NN)c2cc(Cl)sc2Cl)c1Br. The van der Waals surface area contributed by atoms with Crippen LogP contribution in [0, 0.1) is 0 Å². The monoisotopic (exact) mass is 410 g/mol. The number of aryl methyl sites for hydroxylation is 2. The molecule has 8 heteroatoms. The smallest absolute Gasteiger partial charge is 0.0992 e. The Kier molecular flexibility index (Phi) is 6.11. The van der Waals surface area contributed by atoms with Gasteiger partial charge in [0.15, 0.2) is 0 Å². The average Bonchev–Trinajstić information content (AvgIpc) is 2.95. The van der Waals surface area contributed by atoms with Crippen LogP contribution in [-0.4, -0.2) is 9.78 Å². The molecule has 0 radical (unpaired) electrons. The van der Waals surface area contributed by atoms with Gasteiger partial charge < -0.3 is 0 Å². The van der Waals surface area contributed by atoms with Crippen LogP contribution in [0.5, 0.6) is 0 Å². The van der Waals surface area contributed by atoms with Gasteiger partial charge in [0.1, 0.15) is 0 Å². The summed E-state index contributed by atoms with van der Waals surface area (Å²) in [6.45, 7) is 4.97. The maximum Gasteiger partial charge on any atom is 0.0992 e. The molecule has 0 aliphatic rings. The van der Waals surface area contributed by atoms with Crippen LogP contribution in [0.2, 0.25) is 8.67 Å². The van der Waals surface area contributed by atoms with E-state index in [1.54, 1.807) is 0 Å². The van der Waals surface area contributed by atoms with Crippen LogP contribution in [0.25, 0.3) is 0 Å². The summed E-state index contributed by atoms with van der Waals surface area (Å²) < 4.78 is 4.37. The van der Waals surface area contributed by atoms with Crippen LogP contribution >= 0.6 is 50.5 Å². The van der Waals surface area contributed by atoms with Crippen molar-refractivity contribution in [3.63, 3.8) is 0 Å². The van der Waals surface area contributed by atoms with Crippen molar-refractivity contribution in [3.05, 3.63) is 36.2 Å². The summed E-state index contributed by atoms with van der Waals surface area (Å²) in [4.78, 5) is 0. The topological polar surface area (TPSA) is 55.9 Å². The molecule has 0 spiro atoms. The lowest BCUT2D eigenvalue weighted by atomic mass is 10.1. The molecule has 0 aromatic carbocycles. The number of hydrogen-bond donors (Lipinski definition) is 2. The number of nitrogens with zero attached hydrogens (tertiary/aromatic N) is 2. The highest BCUT2D eigenvalue weighted by Crippen LogP contribution is 2.37. The van der Waals surface area contributed by atoms with Gasteiger partial charge in [0.05, 0.1) is 30.6 Å². The molecule has 3 N–H and O–H groups in total. The molecule has 2 rings (SSSR count). The Morgan fingerprint density at radius 2 is 2.19 bits per heavy atom. The summed E-state index contributed by atoms with van der Waals surface area (Å²) in [5.41, 5.74) is 5.91. The van der Waals surface area contributed by atoms with Gasteiger partial charge in [-0.15, -0.1) is 11.3 Å². The van der Waals surface area contributed by atoms with Gasteiger partial charge >= 0.3 is 0 Å². The van der Waals surface area contributed by atoms with Gasteiger partial charge in [-0.1, -0.05) is 30.1 Å². The molecule has 21 heavy (non-hydrogen) atoms. The lowest BCUT2D eigenvalue weighted by Gasteiger charge is -2.16. The number of hydrazine groups is 1. The minimum atomic E-state index is -0.107. The first-order chi connectivity index (χ1) is 10.0. The number of halogens is 3. The highest BCUT2D eigenvalue weighted by molar-refractivity contribution is 9.10. The standard InChI is InChI=1S/C13H17BrCl2N4S/c1-3-8-12(14)10(20(4-2)19-8)6-9(18-17)7-5-11(15)21-13(7)16/h5,9,18H,3-4,6,17H2,1-2H3. The lowest BCUT2D eigenvalue weighted by molar-refractivity contribution is 0.517. The predicted molar refractivity (Wildman–Crippen MR) is 93.1 cm³/mol. The average molecular weight is 412 g/mol. The third kappa shape index (κ3) is 3.63. The Labute approximate surface area is 146 Å². The molecule has 0 amide bonds. The Morgan fingerprint density at radius 1 is 1.48 bits per heavy atom. The van der Waals surface area contributed by atoms with Crippen LogP contribution in [0.15, 0.2) is 10.5 Å². The van der Waals surface area contributed by atoms with Crippen molar-refractivity contribution in [1.82, 2.24) is 15.2 Å². The van der Waals surface area contributed by atoms with Gasteiger partial charge in [-0.05, 0) is 35.3 Å². The zero-order valence-electron chi connectivity index (χ0n) is 11.8. The first-order valence-electron chi connectivity index (χ1n) is 6.66. The van der Waals surface area contributed by atoms with Crippen LogP contribution in [-0.2, 0) is 19.4 Å². The second kappa shape index (κ2) is 7.44. The molecule has 2 aromatic rings. The van der Waals surface area contributed by atoms with E-state index in [9.17, 15) is 0 Å². The van der Waals surface area contributed by atoms with E-state index >= 15 is 0 Å². The van der Waals surface area contributed by atoms with Crippen molar-refractivity contribution in [3.8, 4) is 0 Å². The third-order valence-corrected chi connectivity index (χ3v) is 5.78. The van der Waals surface area contributed by atoms with Gasteiger partial charge in [0.2, 0.25) is 0 Å². The van der Waals surface area contributed by atoms with Crippen LogP contribution in [0.3, 0.4) is 0 Å². The molecule has 1 atom stereocenters. The molecular weight excluding hydrogens is 395 g/mol. The summed E-state index contributed by atoms with van der Waals surface area (Å²) in [5.74, 6) is 5.72. The molecule has 0 fully saturated rings. The van der Waals surface area contributed by atoms with Crippen molar-refractivity contribution in [2.75, 3.05) is 0 Å². The van der Waals surface area contributed by atoms with E-state index < -0.39 is 0 Å². The molecule has 0 saturated carbocycles. The van der Waals surface area contributed by atoms with E-state index in [4.69, 9.17) is 29.0 Å². The highest BCUT2D eigenvalue weighted by Gasteiger charge is 2.22. The summed E-state index contributed by atoms with van der Waals surface area (Å²) in [7, 11) is 0. The molecule has 0 aliphatic heterocycles. The van der Waals surface area contributed by atoms with Crippen LogP contribution in [0.4, 0.5) is 0 Å². The number of rotatable bonds is 6. The maximum atomic E-state index is 6.24. The molecule has 1 unspecified atom stereocenters. The van der Waals surface area contributed by atoms with E-state index in [0.29, 0.717) is 15.1 Å². The third-order valence-electron chi connectivity index (χ3n) is 3.35. The van der Waals surface area contributed by atoms with Gasteiger partial charge in [0, 0.05) is 18.5 Å². The zero-order valence-corrected chi connectivity index (χ0v) is 15.7. The molecule has 4 nitrogen and oxygen atoms in total. The maximum absolute atomic E-state index is 6.24. The number of thiophene rings is 1. The molecular formula is C13H17BrCl2N4S. The molecule has 2 aromatic heterocycles. The lowest BCUT2D eigenvalue weighted by Crippen LogP contribution is -2.30. The van der Waals surface area contributed by atoms with E-state index in [1.807, 2.05) is 10.7 Å². The fraction of sp³-hybridized carbons (Fsp3) is 0.462. The molecule has 0 aliphatic carbocycles. The fourth-order valence-electron chi connectivity index (χ4n) is 2.25. The quantitative estimate of drug-likeness (QED) is 0.548. The molecule has 116 valence electrons. The number of hydrogen-bond acceptors (Lipinski definition) is 4. The summed E-state index contributed by atoms with van der Waals surface area (Å²) in [6.07, 6.45) is 1.57. The van der Waals surface area contributed by atoms with Crippen molar-refractivity contribution >= 4 is 50.5 Å². The van der Waals surface area contributed by atoms with E-state index in [-0.39, 0.29) is 6.04 Å². The van der Waals surface area contributed by atoms with E-state index in [0.717, 1.165) is 34.4 Å². The summed E-state index contributed by atoms with van der Waals surface area (Å²) in [5, 5.41) is 4.60. The van der Waals surface area contributed by atoms with Gasteiger partial charge in [0.25, 0.3) is 0 Å². The fourth-order valence-corrected chi connectivity index (χ4v) is 4.56. The van der Waals surface area contributed by atoms with Gasteiger partial charge in [-0.25, -0.2) is 0 Å². The normalized spacial score (nSPS) is 12.9. The largest absolute Gasteiger partial charge is 0.271 e. The Balaban J connectivity index is 2.35. The summed E-state index contributed by atoms with van der Waals surface area (Å²) in [6, 6.07) is 1.75. The van der Waals surface area contributed by atoms with E-state index in [2.05, 4.69) is 40.3 Å². The zero-order chi connectivity index (χ0) is 15.6. The number of aromatic nitrogens is 2. The molecule has 2 heterocycles. The van der Waals surface area contributed by atoms with Crippen molar-refractivity contribution in [1.29, 1.82) is 0 Å². The van der Waals surface area contributed by atoms with Gasteiger partial charge in [-0.2, -0.15) is 5.10 Å². The predicted octanol–water partition coefficient (Wildman–Crippen LogP) is 4.34. The Morgan fingerprint density at radius 3 is 2.67 bits per heavy atom. The highest BCUT2D eigenvalue weighted by atomic mass is 79.9. The minimum Gasteiger partial charge on any atom is -0.271 e. The second-order valence-corrected chi connectivity index (χ2v) is 7.66. The van der Waals surface area contributed by atoms with Crippen molar-refractivity contribution in [2.45, 2.75) is 39.3 Å². The van der Waals surface area contributed by atoms with Gasteiger partial charge in [-0.3, -0.25) is 16.0 Å². The van der Waals surface area contributed by atoms with E-state index in [1.165, 1.54) is 11.3 Å². The first kappa shape index (κ1) is 17.2. The Hall–Kier alpha value is -0.110.